The molecule has 86 valence electrons. The van der Waals surface area contributed by atoms with Crippen LogP contribution < -0.4 is 4.90 Å². The van der Waals surface area contributed by atoms with E-state index in [4.69, 9.17) is 0 Å². The van der Waals surface area contributed by atoms with E-state index in [9.17, 15) is 4.79 Å². The van der Waals surface area contributed by atoms with Crippen LogP contribution in [-0.4, -0.2) is 16.0 Å². The van der Waals surface area contributed by atoms with Crippen molar-refractivity contribution in [2.45, 2.75) is 20.5 Å². The first-order chi connectivity index (χ1) is 8.22. The van der Waals surface area contributed by atoms with Crippen LogP contribution in [-0.2, 0) is 11.5 Å². The number of benzene rings is 1. The molecule has 17 heavy (non-hydrogen) atoms. The Morgan fingerprint density at radius 1 is 1.29 bits per heavy atom. The maximum Gasteiger partial charge on any atom is 0.215 e. The number of carbonyl (C=O) groups excluding carboxylic acids is 1. The van der Waals surface area contributed by atoms with Crippen molar-refractivity contribution in [2.24, 2.45) is 0 Å². The minimum atomic E-state index is 0.544. The summed E-state index contributed by atoms with van der Waals surface area (Å²) in [6, 6.07) is 7.86. The van der Waals surface area contributed by atoms with Gasteiger partial charge < -0.3 is 4.57 Å². The van der Waals surface area contributed by atoms with Gasteiger partial charge in [0.1, 0.15) is 12.5 Å². The molecule has 4 nitrogen and oxygen atoms in total. The number of hydrogen-bond acceptors (Lipinski definition) is 2. The molecule has 0 spiro atoms. The predicted octanol–water partition coefficient (Wildman–Crippen LogP) is 2.10. The number of rotatable bonds is 1. The average Bonchev–Trinajstić information content (AvgIpc) is 2.65. The lowest BCUT2D eigenvalue weighted by atomic mass is 10.1. The van der Waals surface area contributed by atoms with Gasteiger partial charge >= 0.3 is 0 Å². The minimum Gasteiger partial charge on any atom is -0.309 e. The van der Waals surface area contributed by atoms with Gasteiger partial charge in [-0.3, -0.25) is 9.69 Å². The Morgan fingerprint density at radius 3 is 2.82 bits per heavy atom. The summed E-state index contributed by atoms with van der Waals surface area (Å²) in [7, 11) is 0. The highest BCUT2D eigenvalue weighted by atomic mass is 16.1. The lowest BCUT2D eigenvalue weighted by Gasteiger charge is -2.27. The van der Waals surface area contributed by atoms with Gasteiger partial charge in [0.15, 0.2) is 0 Å². The maximum atomic E-state index is 11.1. The second-order valence-electron chi connectivity index (χ2n) is 4.27. The number of anilines is 1. The van der Waals surface area contributed by atoms with Crippen molar-refractivity contribution in [2.75, 3.05) is 4.90 Å². The molecule has 4 heteroatoms. The first-order valence-electron chi connectivity index (χ1n) is 5.57. The fourth-order valence-corrected chi connectivity index (χ4v) is 2.26. The molecule has 3 rings (SSSR count). The smallest absolute Gasteiger partial charge is 0.215 e. The van der Waals surface area contributed by atoms with Crippen molar-refractivity contribution in [3.63, 3.8) is 0 Å². The van der Waals surface area contributed by atoms with Crippen molar-refractivity contribution in [1.82, 2.24) is 9.55 Å². The zero-order valence-corrected chi connectivity index (χ0v) is 9.84. The number of amides is 1. The zero-order valence-electron chi connectivity index (χ0n) is 9.84. The molecule has 0 aliphatic carbocycles. The van der Waals surface area contributed by atoms with E-state index in [1.165, 1.54) is 0 Å². The molecule has 0 saturated heterocycles. The molecular formula is C13H13N3O. The number of aromatic nitrogens is 2. The third-order valence-corrected chi connectivity index (χ3v) is 3.33. The Kier molecular flexibility index (Phi) is 2.04. The summed E-state index contributed by atoms with van der Waals surface area (Å²) in [5.74, 6) is 0.953. The van der Waals surface area contributed by atoms with Crippen LogP contribution in [0, 0.1) is 13.8 Å². The van der Waals surface area contributed by atoms with E-state index < -0.39 is 0 Å². The fraction of sp³-hybridized carbons (Fsp3) is 0.231. The number of para-hydroxylation sites is 1. The van der Waals surface area contributed by atoms with Gasteiger partial charge in [-0.25, -0.2) is 4.98 Å². The van der Waals surface area contributed by atoms with E-state index in [0.29, 0.717) is 6.67 Å². The van der Waals surface area contributed by atoms with Crippen molar-refractivity contribution >= 4 is 12.1 Å². The number of hydrogen-bond donors (Lipinski definition) is 0. The highest BCUT2D eigenvalue weighted by Crippen LogP contribution is 2.35. The maximum absolute atomic E-state index is 11.1. The molecule has 1 aromatic carbocycles. The third-order valence-electron chi connectivity index (χ3n) is 3.33. The second kappa shape index (κ2) is 3.45. The molecule has 0 atom stereocenters. The second-order valence-corrected chi connectivity index (χ2v) is 4.27. The third kappa shape index (κ3) is 1.30. The molecule has 2 aromatic rings. The molecule has 1 amide bonds. The van der Waals surface area contributed by atoms with E-state index in [0.717, 1.165) is 34.9 Å². The van der Waals surface area contributed by atoms with Gasteiger partial charge in [-0.15, -0.1) is 0 Å². The molecule has 0 fully saturated rings. The summed E-state index contributed by atoms with van der Waals surface area (Å²) in [6.45, 7) is 4.57. The van der Waals surface area contributed by atoms with Gasteiger partial charge in [0.2, 0.25) is 6.41 Å². The molecule has 1 aliphatic heterocycles. The minimum absolute atomic E-state index is 0.544. The molecule has 0 N–H and O–H groups in total. The largest absolute Gasteiger partial charge is 0.309 e. The monoisotopic (exact) mass is 227 g/mol. The van der Waals surface area contributed by atoms with Gasteiger partial charge in [-0.05, 0) is 26.0 Å². The van der Waals surface area contributed by atoms with Gasteiger partial charge in [0.05, 0.1) is 11.4 Å². The van der Waals surface area contributed by atoms with Gasteiger partial charge in [-0.2, -0.15) is 0 Å². The quantitative estimate of drug-likeness (QED) is 0.700. The highest BCUT2D eigenvalue weighted by molar-refractivity contribution is 5.86. The molecule has 2 heterocycles. The van der Waals surface area contributed by atoms with E-state index in [2.05, 4.69) is 9.55 Å². The fourth-order valence-electron chi connectivity index (χ4n) is 2.26. The normalized spacial score (nSPS) is 13.2. The van der Waals surface area contributed by atoms with Crippen LogP contribution in [0.3, 0.4) is 0 Å². The topological polar surface area (TPSA) is 38.1 Å². The highest BCUT2D eigenvalue weighted by Gasteiger charge is 2.24. The van der Waals surface area contributed by atoms with E-state index in [1.807, 2.05) is 38.1 Å². The first kappa shape index (κ1) is 10.1. The summed E-state index contributed by atoms with van der Waals surface area (Å²) < 4.78 is 2.08. The van der Waals surface area contributed by atoms with Crippen LogP contribution in [0.5, 0.6) is 0 Å². The molecule has 1 aliphatic rings. The standard InChI is InChI=1S/C13H13N3O/c1-9-10(2)16-7-15(8-17)12-6-4-3-5-11(12)13(16)14-9/h3-6,8H,7H2,1-2H3. The van der Waals surface area contributed by atoms with Gasteiger partial charge in [0, 0.05) is 11.3 Å². The number of nitrogens with zero attached hydrogens (tertiary/aromatic N) is 3. The molecule has 0 bridgehead atoms. The average molecular weight is 227 g/mol. The Labute approximate surface area is 99.5 Å². The van der Waals surface area contributed by atoms with Gasteiger partial charge in [-0.1, -0.05) is 12.1 Å². The Hall–Kier alpha value is -2.10. The molecule has 0 unspecified atom stereocenters. The van der Waals surface area contributed by atoms with Crippen LogP contribution in [0.4, 0.5) is 5.69 Å². The van der Waals surface area contributed by atoms with E-state index in [1.54, 1.807) is 4.90 Å². The zero-order chi connectivity index (χ0) is 12.0. The van der Waals surface area contributed by atoms with Gasteiger partial charge in [0.25, 0.3) is 0 Å². The summed E-state index contributed by atoms with van der Waals surface area (Å²) in [4.78, 5) is 17.4. The van der Waals surface area contributed by atoms with Crippen molar-refractivity contribution < 1.29 is 4.79 Å². The summed E-state index contributed by atoms with van der Waals surface area (Å²) in [5.41, 5.74) is 4.07. The summed E-state index contributed by atoms with van der Waals surface area (Å²) >= 11 is 0. The van der Waals surface area contributed by atoms with Crippen molar-refractivity contribution in [3.05, 3.63) is 35.7 Å². The summed E-state index contributed by atoms with van der Waals surface area (Å²) in [6.07, 6.45) is 0.872. The van der Waals surface area contributed by atoms with Crippen LogP contribution in [0.1, 0.15) is 11.4 Å². The van der Waals surface area contributed by atoms with Crippen LogP contribution in [0.2, 0.25) is 0 Å². The first-order valence-corrected chi connectivity index (χ1v) is 5.57. The SMILES string of the molecule is Cc1nc2n(c1C)CN(C=O)c1ccccc1-2. The lowest BCUT2D eigenvalue weighted by molar-refractivity contribution is -0.107. The molecule has 0 radical (unpaired) electrons. The van der Waals surface area contributed by atoms with Crippen LogP contribution in [0.15, 0.2) is 24.3 Å². The summed E-state index contributed by atoms with van der Waals surface area (Å²) in [5, 5.41) is 0. The molecule has 0 saturated carbocycles. The lowest BCUT2D eigenvalue weighted by Crippen LogP contribution is -2.29. The number of aryl methyl sites for hydroxylation is 1. The van der Waals surface area contributed by atoms with Crippen LogP contribution >= 0.6 is 0 Å². The van der Waals surface area contributed by atoms with E-state index in [-0.39, 0.29) is 0 Å². The predicted molar refractivity (Wildman–Crippen MR) is 65.7 cm³/mol. The number of fused-ring (bicyclic) bond motifs is 3. The Bertz CT molecular complexity index is 601. The number of imidazole rings is 1. The van der Waals surface area contributed by atoms with E-state index >= 15 is 0 Å². The molecular weight excluding hydrogens is 214 g/mol. The van der Waals surface area contributed by atoms with Crippen molar-refractivity contribution in [3.8, 4) is 11.4 Å². The van der Waals surface area contributed by atoms with Crippen molar-refractivity contribution in [1.29, 1.82) is 0 Å². The Morgan fingerprint density at radius 2 is 2.06 bits per heavy atom. The Balaban J connectivity index is 2.31. The molecule has 1 aromatic heterocycles. The van der Waals surface area contributed by atoms with Crippen LogP contribution in [0.25, 0.3) is 11.4 Å². The number of carbonyl (C=O) groups is 1.